The lowest BCUT2D eigenvalue weighted by Crippen LogP contribution is -2.49. The van der Waals surface area contributed by atoms with Crippen LogP contribution in [0.3, 0.4) is 0 Å². The molecular formula is C14H24N2. The minimum atomic E-state index is 0.627. The third-order valence-corrected chi connectivity index (χ3v) is 3.16. The molecule has 0 aromatic heterocycles. The van der Waals surface area contributed by atoms with Crippen LogP contribution < -0.4 is 0 Å². The largest absolute Gasteiger partial charge is 0.369 e. The Morgan fingerprint density at radius 3 is 2.50 bits per heavy atom. The minimum absolute atomic E-state index is 0.627. The van der Waals surface area contributed by atoms with Crippen molar-refractivity contribution in [2.24, 2.45) is 0 Å². The number of allylic oxidation sites excluding steroid dienone is 4. The van der Waals surface area contributed by atoms with Crippen LogP contribution in [0, 0.1) is 0 Å². The van der Waals surface area contributed by atoms with Crippen LogP contribution in [0.15, 0.2) is 36.1 Å². The Labute approximate surface area is 99.9 Å². The molecule has 0 unspecified atom stereocenters. The van der Waals surface area contributed by atoms with Gasteiger partial charge in [-0.3, -0.25) is 0 Å². The summed E-state index contributed by atoms with van der Waals surface area (Å²) >= 11 is 0. The van der Waals surface area contributed by atoms with Gasteiger partial charge in [0, 0.05) is 31.4 Å². The van der Waals surface area contributed by atoms with Crippen LogP contribution in [-0.2, 0) is 0 Å². The highest BCUT2D eigenvalue weighted by Gasteiger charge is 2.20. The Bertz CT molecular complexity index is 302. The zero-order valence-corrected chi connectivity index (χ0v) is 11.0. The van der Waals surface area contributed by atoms with Crippen LogP contribution in [0.1, 0.15) is 20.8 Å². The van der Waals surface area contributed by atoms with E-state index in [1.165, 1.54) is 5.70 Å². The first kappa shape index (κ1) is 13.0. The normalized spacial score (nSPS) is 24.1. The number of rotatable bonds is 3. The molecule has 16 heavy (non-hydrogen) atoms. The van der Waals surface area contributed by atoms with Gasteiger partial charge >= 0.3 is 0 Å². The molecule has 90 valence electrons. The first-order valence-corrected chi connectivity index (χ1v) is 5.99. The van der Waals surface area contributed by atoms with Crippen LogP contribution in [0.2, 0.25) is 0 Å². The van der Waals surface area contributed by atoms with Crippen molar-refractivity contribution in [2.75, 3.05) is 26.7 Å². The molecule has 0 saturated carbocycles. The van der Waals surface area contributed by atoms with Crippen LogP contribution in [0.25, 0.3) is 0 Å². The Hall–Kier alpha value is -1.02. The van der Waals surface area contributed by atoms with Crippen LogP contribution in [-0.4, -0.2) is 42.5 Å². The quantitative estimate of drug-likeness (QED) is 0.675. The molecule has 1 aliphatic rings. The SMILES string of the molecule is C=C(C)/C=C\C(=C/C)N1CCN(C)[C@@H](C)C1. The maximum absolute atomic E-state index is 3.89. The Balaban J connectivity index is 2.65. The highest BCUT2D eigenvalue weighted by atomic mass is 15.3. The molecule has 1 fully saturated rings. The summed E-state index contributed by atoms with van der Waals surface area (Å²) in [7, 11) is 2.20. The fraction of sp³-hybridized carbons (Fsp3) is 0.571. The lowest BCUT2D eigenvalue weighted by atomic mass is 10.1. The maximum atomic E-state index is 3.89. The molecule has 0 radical (unpaired) electrons. The van der Waals surface area contributed by atoms with E-state index in [1.54, 1.807) is 0 Å². The van der Waals surface area contributed by atoms with E-state index in [1.807, 2.05) is 6.92 Å². The van der Waals surface area contributed by atoms with E-state index in [9.17, 15) is 0 Å². The van der Waals surface area contributed by atoms with Crippen molar-refractivity contribution in [3.05, 3.63) is 36.1 Å². The third-order valence-electron chi connectivity index (χ3n) is 3.16. The van der Waals surface area contributed by atoms with Gasteiger partial charge < -0.3 is 9.80 Å². The fourth-order valence-corrected chi connectivity index (χ4v) is 1.89. The molecule has 1 rings (SSSR count). The molecule has 0 aromatic rings. The zero-order chi connectivity index (χ0) is 12.1. The second-order valence-electron chi connectivity index (χ2n) is 4.67. The monoisotopic (exact) mass is 220 g/mol. The van der Waals surface area contributed by atoms with Crippen molar-refractivity contribution in [3.63, 3.8) is 0 Å². The van der Waals surface area contributed by atoms with Crippen molar-refractivity contribution in [1.29, 1.82) is 0 Å². The molecule has 2 nitrogen and oxygen atoms in total. The van der Waals surface area contributed by atoms with E-state index in [4.69, 9.17) is 0 Å². The average molecular weight is 220 g/mol. The molecule has 1 aliphatic heterocycles. The van der Waals surface area contributed by atoms with E-state index in [2.05, 4.69) is 55.5 Å². The summed E-state index contributed by atoms with van der Waals surface area (Å²) < 4.78 is 0. The second-order valence-corrected chi connectivity index (χ2v) is 4.67. The summed E-state index contributed by atoms with van der Waals surface area (Å²) in [4.78, 5) is 4.86. The molecule has 2 heteroatoms. The van der Waals surface area contributed by atoms with Crippen molar-refractivity contribution in [2.45, 2.75) is 26.8 Å². The van der Waals surface area contributed by atoms with Gasteiger partial charge in [0.1, 0.15) is 0 Å². The third kappa shape index (κ3) is 3.53. The molecule has 0 aliphatic carbocycles. The van der Waals surface area contributed by atoms with Gasteiger partial charge in [0.15, 0.2) is 0 Å². The smallest absolute Gasteiger partial charge is 0.0331 e. The van der Waals surface area contributed by atoms with Gasteiger partial charge in [-0.25, -0.2) is 0 Å². The van der Waals surface area contributed by atoms with Gasteiger partial charge in [-0.2, -0.15) is 0 Å². The van der Waals surface area contributed by atoms with Gasteiger partial charge in [-0.15, -0.1) is 0 Å². The minimum Gasteiger partial charge on any atom is -0.369 e. The highest BCUT2D eigenvalue weighted by molar-refractivity contribution is 5.24. The standard InChI is InChI=1S/C14H24N2/c1-6-14(8-7-12(2)3)16-10-9-15(5)13(4)11-16/h6-8,13H,2,9-11H2,1,3-5H3/b8-7-,14-6+/t13-/m0/s1. The van der Waals surface area contributed by atoms with Crippen molar-refractivity contribution < 1.29 is 0 Å². The Morgan fingerprint density at radius 2 is 2.00 bits per heavy atom. The summed E-state index contributed by atoms with van der Waals surface area (Å²) in [5.41, 5.74) is 2.41. The van der Waals surface area contributed by atoms with E-state index in [-0.39, 0.29) is 0 Å². The summed E-state index contributed by atoms with van der Waals surface area (Å²) in [6.45, 7) is 13.7. The molecular weight excluding hydrogens is 196 g/mol. The van der Waals surface area contributed by atoms with Gasteiger partial charge in [0.25, 0.3) is 0 Å². The van der Waals surface area contributed by atoms with Gasteiger partial charge in [-0.1, -0.05) is 24.3 Å². The highest BCUT2D eigenvalue weighted by Crippen LogP contribution is 2.14. The summed E-state index contributed by atoms with van der Waals surface area (Å²) in [6, 6.07) is 0.627. The van der Waals surface area contributed by atoms with Crippen LogP contribution >= 0.6 is 0 Å². The molecule has 0 amide bonds. The van der Waals surface area contributed by atoms with Gasteiger partial charge in [0.2, 0.25) is 0 Å². The summed E-state index contributed by atoms with van der Waals surface area (Å²) in [5, 5.41) is 0. The van der Waals surface area contributed by atoms with Crippen molar-refractivity contribution in [1.82, 2.24) is 9.80 Å². The van der Waals surface area contributed by atoms with E-state index in [0.29, 0.717) is 6.04 Å². The summed E-state index contributed by atoms with van der Waals surface area (Å²) in [5.74, 6) is 0. The molecule has 0 N–H and O–H groups in total. The fourth-order valence-electron chi connectivity index (χ4n) is 1.89. The van der Waals surface area contributed by atoms with Crippen molar-refractivity contribution in [3.8, 4) is 0 Å². The Kier molecular flexibility index (Phi) is 4.81. The summed E-state index contributed by atoms with van der Waals surface area (Å²) in [6.07, 6.45) is 6.43. The molecule has 1 saturated heterocycles. The maximum Gasteiger partial charge on any atom is 0.0331 e. The number of nitrogens with zero attached hydrogens (tertiary/aromatic N) is 2. The van der Waals surface area contributed by atoms with E-state index in [0.717, 1.165) is 25.2 Å². The topological polar surface area (TPSA) is 6.48 Å². The van der Waals surface area contributed by atoms with Gasteiger partial charge in [0.05, 0.1) is 0 Å². The first-order valence-electron chi connectivity index (χ1n) is 5.99. The number of hydrogen-bond acceptors (Lipinski definition) is 2. The zero-order valence-electron chi connectivity index (χ0n) is 11.0. The molecule has 0 aromatic carbocycles. The predicted octanol–water partition coefficient (Wildman–Crippen LogP) is 2.66. The lowest BCUT2D eigenvalue weighted by Gasteiger charge is -2.39. The molecule has 0 spiro atoms. The van der Waals surface area contributed by atoms with E-state index < -0.39 is 0 Å². The number of piperazine rings is 1. The average Bonchev–Trinajstić information content (AvgIpc) is 2.23. The second kappa shape index (κ2) is 5.90. The predicted molar refractivity (Wildman–Crippen MR) is 71.4 cm³/mol. The molecule has 0 bridgehead atoms. The van der Waals surface area contributed by atoms with Gasteiger partial charge in [-0.05, 0) is 33.9 Å². The van der Waals surface area contributed by atoms with Crippen LogP contribution in [0.4, 0.5) is 0 Å². The molecule has 1 atom stereocenters. The Morgan fingerprint density at radius 1 is 1.31 bits per heavy atom. The van der Waals surface area contributed by atoms with Crippen molar-refractivity contribution >= 4 is 0 Å². The molecule has 1 heterocycles. The number of hydrogen-bond donors (Lipinski definition) is 0. The first-order chi connectivity index (χ1) is 7.54. The number of likely N-dealkylation sites (N-methyl/N-ethyl adjacent to an activating group) is 1. The van der Waals surface area contributed by atoms with E-state index >= 15 is 0 Å². The van der Waals surface area contributed by atoms with Crippen LogP contribution in [0.5, 0.6) is 0 Å². The lowest BCUT2D eigenvalue weighted by molar-refractivity contribution is 0.133.